The molecule has 0 unspecified atom stereocenters. The molecular weight excluding hydrogens is 260 g/mol. The number of hydrogen-bond donors (Lipinski definition) is 1. The highest BCUT2D eigenvalue weighted by atomic mass is 16.4. The maximum absolute atomic E-state index is 9.47. The number of hydrogen-bond acceptors (Lipinski definition) is 3. The van der Waals surface area contributed by atoms with Gasteiger partial charge in [0, 0.05) is 11.3 Å². The molecule has 0 fully saturated rings. The minimum Gasteiger partial charge on any atom is -0.411 e. The summed E-state index contributed by atoms with van der Waals surface area (Å²) in [6.45, 7) is 6.39. The van der Waals surface area contributed by atoms with Crippen LogP contribution in [-0.2, 0) is 6.42 Å². The van der Waals surface area contributed by atoms with Gasteiger partial charge in [-0.05, 0) is 42.4 Å². The molecule has 21 heavy (non-hydrogen) atoms. The molecule has 1 heterocycles. The lowest BCUT2D eigenvalue weighted by atomic mass is 9.73. The average Bonchev–Trinajstić information content (AvgIpc) is 2.45. The molecular formula is C18H20N2O. The van der Waals surface area contributed by atoms with Gasteiger partial charge in [0.25, 0.3) is 0 Å². The van der Waals surface area contributed by atoms with Crippen LogP contribution in [0, 0.1) is 12.3 Å². The van der Waals surface area contributed by atoms with Crippen molar-refractivity contribution in [2.24, 2.45) is 10.6 Å². The Morgan fingerprint density at radius 2 is 1.86 bits per heavy atom. The highest BCUT2D eigenvalue weighted by Crippen LogP contribution is 2.38. The average molecular weight is 280 g/mol. The summed E-state index contributed by atoms with van der Waals surface area (Å²) in [7, 11) is 0. The standard InChI is InChI=1S/C18H20N2O/c1-12-9-14(13-7-5-4-6-8-13)17-15(19-12)10-18(2,3)11-16(17)20-21/h4-9,21H,10-11H2,1-3H3. The van der Waals surface area contributed by atoms with Crippen LogP contribution in [0.25, 0.3) is 11.1 Å². The highest BCUT2D eigenvalue weighted by Gasteiger charge is 2.33. The van der Waals surface area contributed by atoms with Crippen LogP contribution in [0.3, 0.4) is 0 Å². The normalized spacial score (nSPS) is 18.5. The molecule has 1 aliphatic rings. The van der Waals surface area contributed by atoms with E-state index in [0.717, 1.165) is 46.6 Å². The van der Waals surface area contributed by atoms with Gasteiger partial charge in [-0.3, -0.25) is 4.98 Å². The Kier molecular flexibility index (Phi) is 3.28. The number of benzene rings is 1. The Balaban J connectivity index is 2.27. The minimum absolute atomic E-state index is 0.0727. The largest absolute Gasteiger partial charge is 0.411 e. The van der Waals surface area contributed by atoms with E-state index < -0.39 is 0 Å². The van der Waals surface area contributed by atoms with E-state index in [1.807, 2.05) is 25.1 Å². The fourth-order valence-electron chi connectivity index (χ4n) is 3.18. The van der Waals surface area contributed by atoms with Crippen LogP contribution in [0.4, 0.5) is 0 Å². The molecule has 0 atom stereocenters. The predicted octanol–water partition coefficient (Wildman–Crippen LogP) is 4.21. The van der Waals surface area contributed by atoms with Gasteiger partial charge in [0.05, 0.1) is 11.4 Å². The molecule has 1 aromatic carbocycles. The molecule has 0 amide bonds. The van der Waals surface area contributed by atoms with E-state index in [2.05, 4.69) is 37.2 Å². The monoisotopic (exact) mass is 280 g/mol. The second kappa shape index (κ2) is 4.99. The maximum Gasteiger partial charge on any atom is 0.0897 e. The van der Waals surface area contributed by atoms with Gasteiger partial charge in [0.1, 0.15) is 0 Å². The van der Waals surface area contributed by atoms with E-state index >= 15 is 0 Å². The van der Waals surface area contributed by atoms with Gasteiger partial charge in [0.2, 0.25) is 0 Å². The first kappa shape index (κ1) is 13.8. The zero-order chi connectivity index (χ0) is 15.0. The van der Waals surface area contributed by atoms with Crippen LogP contribution in [0.5, 0.6) is 0 Å². The summed E-state index contributed by atoms with van der Waals surface area (Å²) >= 11 is 0. The zero-order valence-corrected chi connectivity index (χ0v) is 12.7. The lowest BCUT2D eigenvalue weighted by Gasteiger charge is -2.32. The molecule has 1 aromatic heterocycles. The zero-order valence-electron chi connectivity index (χ0n) is 12.7. The van der Waals surface area contributed by atoms with Gasteiger partial charge in [-0.2, -0.15) is 0 Å². The fourth-order valence-corrected chi connectivity index (χ4v) is 3.18. The molecule has 0 bridgehead atoms. The van der Waals surface area contributed by atoms with E-state index in [-0.39, 0.29) is 5.41 Å². The van der Waals surface area contributed by atoms with Crippen molar-refractivity contribution in [3.63, 3.8) is 0 Å². The van der Waals surface area contributed by atoms with Crippen molar-refractivity contribution in [3.05, 3.63) is 53.3 Å². The summed E-state index contributed by atoms with van der Waals surface area (Å²) in [6.07, 6.45) is 1.67. The topological polar surface area (TPSA) is 45.5 Å². The molecule has 0 aliphatic heterocycles. The third-order valence-corrected chi connectivity index (χ3v) is 4.01. The van der Waals surface area contributed by atoms with E-state index in [1.54, 1.807) is 0 Å². The molecule has 3 nitrogen and oxygen atoms in total. The molecule has 0 radical (unpaired) electrons. The van der Waals surface area contributed by atoms with Crippen LogP contribution in [0.2, 0.25) is 0 Å². The van der Waals surface area contributed by atoms with Crippen LogP contribution in [0.1, 0.15) is 37.2 Å². The van der Waals surface area contributed by atoms with Gasteiger partial charge in [-0.15, -0.1) is 0 Å². The summed E-state index contributed by atoms with van der Waals surface area (Å²) < 4.78 is 0. The van der Waals surface area contributed by atoms with Gasteiger partial charge < -0.3 is 5.21 Å². The summed E-state index contributed by atoms with van der Waals surface area (Å²) in [5.41, 5.74) is 6.12. The second-order valence-corrected chi connectivity index (χ2v) is 6.56. The van der Waals surface area contributed by atoms with Crippen molar-refractivity contribution in [1.82, 2.24) is 4.98 Å². The molecule has 3 heteroatoms. The number of nitrogens with zero attached hydrogens (tertiary/aromatic N) is 2. The first-order chi connectivity index (χ1) is 10.00. The molecule has 3 rings (SSSR count). The number of fused-ring (bicyclic) bond motifs is 1. The Hall–Kier alpha value is -2.16. The SMILES string of the molecule is Cc1cc(-c2ccccc2)c2c(n1)CC(C)(C)CC2=NO. The quantitative estimate of drug-likeness (QED) is 0.628. The predicted molar refractivity (Wildman–Crippen MR) is 84.8 cm³/mol. The van der Waals surface area contributed by atoms with Gasteiger partial charge in [0.15, 0.2) is 0 Å². The van der Waals surface area contributed by atoms with Crippen LogP contribution >= 0.6 is 0 Å². The first-order valence-corrected chi connectivity index (χ1v) is 7.27. The highest BCUT2D eigenvalue weighted by molar-refractivity contribution is 6.07. The van der Waals surface area contributed by atoms with Crippen molar-refractivity contribution in [3.8, 4) is 11.1 Å². The summed E-state index contributed by atoms with van der Waals surface area (Å²) in [5, 5.41) is 13.0. The van der Waals surface area contributed by atoms with Crippen molar-refractivity contribution >= 4 is 5.71 Å². The molecule has 0 saturated carbocycles. The van der Waals surface area contributed by atoms with Crippen molar-refractivity contribution in [1.29, 1.82) is 0 Å². The summed E-state index contributed by atoms with van der Waals surface area (Å²) in [4.78, 5) is 4.70. The number of rotatable bonds is 1. The Morgan fingerprint density at radius 3 is 2.52 bits per heavy atom. The van der Waals surface area contributed by atoms with Gasteiger partial charge >= 0.3 is 0 Å². The second-order valence-electron chi connectivity index (χ2n) is 6.56. The molecule has 1 N–H and O–H groups in total. The van der Waals surface area contributed by atoms with Crippen molar-refractivity contribution in [2.75, 3.05) is 0 Å². The van der Waals surface area contributed by atoms with Gasteiger partial charge in [-0.1, -0.05) is 49.3 Å². The molecule has 2 aromatic rings. The first-order valence-electron chi connectivity index (χ1n) is 7.27. The van der Waals surface area contributed by atoms with Crippen LogP contribution in [-0.4, -0.2) is 15.9 Å². The number of pyridine rings is 1. The molecule has 0 spiro atoms. The molecule has 1 aliphatic carbocycles. The van der Waals surface area contributed by atoms with E-state index in [0.29, 0.717) is 0 Å². The van der Waals surface area contributed by atoms with Crippen LogP contribution < -0.4 is 0 Å². The third kappa shape index (κ3) is 2.56. The summed E-state index contributed by atoms with van der Waals surface area (Å²) in [6, 6.07) is 12.3. The Labute approximate surface area is 125 Å². The molecule has 0 saturated heterocycles. The lowest BCUT2D eigenvalue weighted by molar-refractivity contribution is 0.306. The third-order valence-electron chi connectivity index (χ3n) is 4.01. The van der Waals surface area contributed by atoms with Crippen LogP contribution in [0.15, 0.2) is 41.6 Å². The number of oxime groups is 1. The smallest absolute Gasteiger partial charge is 0.0897 e. The van der Waals surface area contributed by atoms with Crippen molar-refractivity contribution in [2.45, 2.75) is 33.6 Å². The van der Waals surface area contributed by atoms with E-state index in [1.165, 1.54) is 0 Å². The van der Waals surface area contributed by atoms with Gasteiger partial charge in [-0.25, -0.2) is 0 Å². The fraction of sp³-hybridized carbons (Fsp3) is 0.333. The number of aromatic nitrogens is 1. The maximum atomic E-state index is 9.47. The Bertz CT molecular complexity index is 703. The summed E-state index contributed by atoms with van der Waals surface area (Å²) in [5.74, 6) is 0. The molecule has 108 valence electrons. The lowest BCUT2D eigenvalue weighted by Crippen LogP contribution is -2.29. The van der Waals surface area contributed by atoms with E-state index in [9.17, 15) is 5.21 Å². The Morgan fingerprint density at radius 1 is 1.14 bits per heavy atom. The van der Waals surface area contributed by atoms with E-state index in [4.69, 9.17) is 4.98 Å². The van der Waals surface area contributed by atoms with Crippen molar-refractivity contribution < 1.29 is 5.21 Å². The minimum atomic E-state index is 0.0727. The number of aryl methyl sites for hydroxylation is 1.